The molecule has 3 heteroatoms. The zero-order valence-corrected chi connectivity index (χ0v) is 10.0. The number of aromatic nitrogens is 2. The highest BCUT2D eigenvalue weighted by Crippen LogP contribution is 2.42. The number of rotatable bonds is 3. The van der Waals surface area contributed by atoms with Gasteiger partial charge in [0.2, 0.25) is 0 Å². The second-order valence-electron chi connectivity index (χ2n) is 5.29. The number of imidazole rings is 1. The normalized spacial score (nSPS) is 30.6. The molecular formula is C13H21N3. The van der Waals surface area contributed by atoms with Gasteiger partial charge in [-0.15, -0.1) is 0 Å². The molecule has 2 fully saturated rings. The average Bonchev–Trinajstić information content (AvgIpc) is 3.07. The summed E-state index contributed by atoms with van der Waals surface area (Å²) in [6, 6.07) is 1.45. The van der Waals surface area contributed by atoms with Crippen molar-refractivity contribution < 1.29 is 0 Å². The first-order chi connectivity index (χ1) is 7.88. The summed E-state index contributed by atoms with van der Waals surface area (Å²) in [6.45, 7) is 0. The van der Waals surface area contributed by atoms with Crippen molar-refractivity contribution in [2.24, 2.45) is 0 Å². The van der Waals surface area contributed by atoms with Crippen molar-refractivity contribution >= 4 is 0 Å². The van der Waals surface area contributed by atoms with Crippen molar-refractivity contribution in [2.75, 3.05) is 7.05 Å². The molecule has 0 atom stereocenters. The third kappa shape index (κ3) is 1.88. The Morgan fingerprint density at radius 1 is 1.19 bits per heavy atom. The molecule has 1 aromatic heterocycles. The molecule has 0 amide bonds. The van der Waals surface area contributed by atoms with Crippen LogP contribution in [0.5, 0.6) is 0 Å². The van der Waals surface area contributed by atoms with Crippen molar-refractivity contribution in [3.63, 3.8) is 0 Å². The standard InChI is InChI=1S/C13H21N3/c1-14-11-4-6-12(7-5-11)16-9-15-8-13(16)10-2-3-10/h8-12,14H,2-7H2,1H3. The quantitative estimate of drug-likeness (QED) is 0.846. The number of nitrogens with zero attached hydrogens (tertiary/aromatic N) is 2. The van der Waals surface area contributed by atoms with Gasteiger partial charge in [-0.3, -0.25) is 0 Å². The summed E-state index contributed by atoms with van der Waals surface area (Å²) in [5.41, 5.74) is 1.49. The van der Waals surface area contributed by atoms with Gasteiger partial charge in [-0.25, -0.2) is 4.98 Å². The monoisotopic (exact) mass is 219 g/mol. The fourth-order valence-corrected chi connectivity index (χ4v) is 2.96. The minimum Gasteiger partial charge on any atom is -0.331 e. The molecule has 0 radical (unpaired) electrons. The minimum atomic E-state index is 0.711. The highest BCUT2D eigenvalue weighted by molar-refractivity contribution is 5.14. The second kappa shape index (κ2) is 4.21. The Kier molecular flexibility index (Phi) is 2.72. The fraction of sp³-hybridized carbons (Fsp3) is 0.769. The van der Waals surface area contributed by atoms with Crippen LogP contribution >= 0.6 is 0 Å². The van der Waals surface area contributed by atoms with E-state index in [9.17, 15) is 0 Å². The molecule has 0 aliphatic heterocycles. The molecule has 2 saturated carbocycles. The SMILES string of the molecule is CNC1CCC(n2cncc2C2CC2)CC1. The minimum absolute atomic E-state index is 0.711. The van der Waals surface area contributed by atoms with Crippen LogP contribution < -0.4 is 5.32 Å². The van der Waals surface area contributed by atoms with Gasteiger partial charge < -0.3 is 9.88 Å². The first kappa shape index (κ1) is 10.3. The molecule has 1 heterocycles. The summed E-state index contributed by atoms with van der Waals surface area (Å²) < 4.78 is 2.46. The molecule has 0 unspecified atom stereocenters. The maximum atomic E-state index is 4.35. The maximum Gasteiger partial charge on any atom is 0.0950 e. The highest BCUT2D eigenvalue weighted by atomic mass is 15.1. The predicted molar refractivity (Wildman–Crippen MR) is 64.6 cm³/mol. The van der Waals surface area contributed by atoms with Gasteiger partial charge in [0, 0.05) is 29.9 Å². The van der Waals surface area contributed by atoms with E-state index in [1.165, 1.54) is 44.2 Å². The van der Waals surface area contributed by atoms with Crippen LogP contribution in [0.4, 0.5) is 0 Å². The number of hydrogen-bond donors (Lipinski definition) is 1. The van der Waals surface area contributed by atoms with Crippen molar-refractivity contribution in [1.29, 1.82) is 0 Å². The molecule has 3 nitrogen and oxygen atoms in total. The molecule has 88 valence electrons. The van der Waals surface area contributed by atoms with E-state index in [1.54, 1.807) is 0 Å². The van der Waals surface area contributed by atoms with Crippen LogP contribution in [0.25, 0.3) is 0 Å². The Morgan fingerprint density at radius 2 is 1.94 bits per heavy atom. The zero-order chi connectivity index (χ0) is 11.0. The van der Waals surface area contributed by atoms with Crippen LogP contribution in [-0.4, -0.2) is 22.6 Å². The molecule has 0 spiro atoms. The lowest BCUT2D eigenvalue weighted by atomic mass is 9.91. The van der Waals surface area contributed by atoms with E-state index in [1.807, 2.05) is 0 Å². The van der Waals surface area contributed by atoms with E-state index in [0.29, 0.717) is 6.04 Å². The van der Waals surface area contributed by atoms with E-state index in [2.05, 4.69) is 34.4 Å². The highest BCUT2D eigenvalue weighted by Gasteiger charge is 2.30. The van der Waals surface area contributed by atoms with Crippen molar-refractivity contribution in [3.8, 4) is 0 Å². The van der Waals surface area contributed by atoms with Gasteiger partial charge in [-0.05, 0) is 45.6 Å². The molecule has 1 aromatic rings. The smallest absolute Gasteiger partial charge is 0.0950 e. The van der Waals surface area contributed by atoms with Crippen LogP contribution in [0.3, 0.4) is 0 Å². The molecule has 0 saturated heterocycles. The maximum absolute atomic E-state index is 4.35. The molecule has 1 N–H and O–H groups in total. The molecule has 2 aliphatic rings. The van der Waals surface area contributed by atoms with E-state index in [0.717, 1.165) is 12.0 Å². The number of hydrogen-bond acceptors (Lipinski definition) is 2. The second-order valence-corrected chi connectivity index (χ2v) is 5.29. The Balaban J connectivity index is 1.70. The van der Waals surface area contributed by atoms with Gasteiger partial charge in [0.1, 0.15) is 0 Å². The summed E-state index contributed by atoms with van der Waals surface area (Å²) in [7, 11) is 2.08. The predicted octanol–water partition coefficient (Wildman–Crippen LogP) is 2.46. The summed E-state index contributed by atoms with van der Waals surface area (Å²) in [6.07, 6.45) is 12.1. The lowest BCUT2D eigenvalue weighted by molar-refractivity contribution is 0.296. The molecule has 0 bridgehead atoms. The third-order valence-corrected chi connectivity index (χ3v) is 4.19. The Morgan fingerprint density at radius 3 is 2.56 bits per heavy atom. The molecule has 0 aromatic carbocycles. The van der Waals surface area contributed by atoms with Gasteiger partial charge in [-0.1, -0.05) is 0 Å². The van der Waals surface area contributed by atoms with Crippen LogP contribution in [0.2, 0.25) is 0 Å². The summed E-state index contributed by atoms with van der Waals surface area (Å²) in [4.78, 5) is 4.35. The van der Waals surface area contributed by atoms with Crippen LogP contribution in [0.1, 0.15) is 56.2 Å². The van der Waals surface area contributed by atoms with Crippen molar-refractivity contribution in [1.82, 2.24) is 14.9 Å². The first-order valence-corrected chi connectivity index (χ1v) is 6.57. The Bertz CT molecular complexity index is 346. The topological polar surface area (TPSA) is 29.9 Å². The summed E-state index contributed by atoms with van der Waals surface area (Å²) in [5, 5.41) is 3.39. The Hall–Kier alpha value is -0.830. The molecule has 3 rings (SSSR count). The lowest BCUT2D eigenvalue weighted by Gasteiger charge is -2.30. The van der Waals surface area contributed by atoms with Crippen LogP contribution in [0, 0.1) is 0 Å². The molecule has 2 aliphatic carbocycles. The van der Waals surface area contributed by atoms with Gasteiger partial charge in [0.05, 0.1) is 6.33 Å². The van der Waals surface area contributed by atoms with Crippen LogP contribution in [-0.2, 0) is 0 Å². The van der Waals surface area contributed by atoms with E-state index < -0.39 is 0 Å². The van der Waals surface area contributed by atoms with E-state index in [4.69, 9.17) is 0 Å². The van der Waals surface area contributed by atoms with E-state index in [-0.39, 0.29) is 0 Å². The van der Waals surface area contributed by atoms with E-state index >= 15 is 0 Å². The van der Waals surface area contributed by atoms with Crippen molar-refractivity contribution in [2.45, 2.75) is 56.5 Å². The third-order valence-electron chi connectivity index (χ3n) is 4.19. The summed E-state index contributed by atoms with van der Waals surface area (Å²) in [5.74, 6) is 0.824. The Labute approximate surface area is 97.3 Å². The largest absolute Gasteiger partial charge is 0.331 e. The number of nitrogens with one attached hydrogen (secondary N) is 1. The summed E-state index contributed by atoms with van der Waals surface area (Å²) >= 11 is 0. The van der Waals surface area contributed by atoms with Gasteiger partial charge in [-0.2, -0.15) is 0 Å². The fourth-order valence-electron chi connectivity index (χ4n) is 2.96. The van der Waals surface area contributed by atoms with Gasteiger partial charge in [0.25, 0.3) is 0 Å². The van der Waals surface area contributed by atoms with Crippen LogP contribution in [0.15, 0.2) is 12.5 Å². The molecular weight excluding hydrogens is 198 g/mol. The lowest BCUT2D eigenvalue weighted by Crippen LogP contribution is -2.31. The van der Waals surface area contributed by atoms with Crippen molar-refractivity contribution in [3.05, 3.63) is 18.2 Å². The van der Waals surface area contributed by atoms with Gasteiger partial charge in [0.15, 0.2) is 0 Å². The molecule has 16 heavy (non-hydrogen) atoms. The first-order valence-electron chi connectivity index (χ1n) is 6.57. The zero-order valence-electron chi connectivity index (χ0n) is 10.0. The average molecular weight is 219 g/mol. The van der Waals surface area contributed by atoms with Gasteiger partial charge >= 0.3 is 0 Å².